The first kappa shape index (κ1) is 20.4. The third-order valence-corrected chi connectivity index (χ3v) is 4.99. The number of benzene rings is 2. The van der Waals surface area contributed by atoms with Gasteiger partial charge in [0.15, 0.2) is 0 Å². The third kappa shape index (κ3) is 5.13. The number of esters is 1. The molecule has 2 aromatic carbocycles. The van der Waals surface area contributed by atoms with Gasteiger partial charge < -0.3 is 19.7 Å². The fraction of sp³-hybridized carbons (Fsp3) is 0.318. The molecule has 1 saturated heterocycles. The zero-order valence-electron chi connectivity index (χ0n) is 16.5. The van der Waals surface area contributed by atoms with Crippen LogP contribution in [0.1, 0.15) is 22.3 Å². The summed E-state index contributed by atoms with van der Waals surface area (Å²) < 4.78 is 9.80. The summed E-state index contributed by atoms with van der Waals surface area (Å²) >= 11 is 0. The Bertz CT molecular complexity index is 877. The number of anilines is 1. The predicted octanol–water partition coefficient (Wildman–Crippen LogP) is 2.51. The first-order chi connectivity index (χ1) is 14.0. The number of methoxy groups -OCH3 is 2. The zero-order valence-corrected chi connectivity index (χ0v) is 16.5. The van der Waals surface area contributed by atoms with Gasteiger partial charge in [-0.15, -0.1) is 0 Å². The van der Waals surface area contributed by atoms with Gasteiger partial charge in [-0.3, -0.25) is 9.59 Å². The minimum atomic E-state index is -0.434. The molecule has 2 amide bonds. The van der Waals surface area contributed by atoms with Crippen molar-refractivity contribution < 1.29 is 23.9 Å². The molecule has 1 aliphatic rings. The molecule has 0 saturated carbocycles. The van der Waals surface area contributed by atoms with Crippen LogP contribution >= 0.6 is 0 Å². The summed E-state index contributed by atoms with van der Waals surface area (Å²) in [5, 5.41) is 2.81. The molecule has 0 bridgehead atoms. The summed E-state index contributed by atoms with van der Waals surface area (Å²) in [4.78, 5) is 38.0. The molecule has 152 valence electrons. The number of carbonyl (C=O) groups excluding carboxylic acids is 3. The Balaban J connectivity index is 1.52. The molecule has 0 aromatic heterocycles. The molecule has 2 aromatic rings. The summed E-state index contributed by atoms with van der Waals surface area (Å²) in [6.07, 6.45) is 0.924. The van der Waals surface area contributed by atoms with Crippen LogP contribution in [0, 0.1) is 5.92 Å². The Kier molecular flexibility index (Phi) is 6.49. The highest BCUT2D eigenvalue weighted by molar-refractivity contribution is 5.97. The van der Waals surface area contributed by atoms with Crippen molar-refractivity contribution in [3.8, 4) is 5.75 Å². The summed E-state index contributed by atoms with van der Waals surface area (Å²) in [5.41, 5.74) is 2.09. The van der Waals surface area contributed by atoms with E-state index >= 15 is 0 Å². The number of nitrogens with one attached hydrogen (secondary N) is 1. The van der Waals surface area contributed by atoms with Crippen molar-refractivity contribution in [1.82, 2.24) is 4.90 Å². The van der Waals surface area contributed by atoms with Gasteiger partial charge in [0.25, 0.3) is 0 Å². The van der Waals surface area contributed by atoms with Gasteiger partial charge in [-0.25, -0.2) is 4.79 Å². The minimum absolute atomic E-state index is 0.0142. The quantitative estimate of drug-likeness (QED) is 0.727. The monoisotopic (exact) mass is 396 g/mol. The summed E-state index contributed by atoms with van der Waals surface area (Å²) in [5.74, 6) is -0.242. The van der Waals surface area contributed by atoms with Crippen LogP contribution in [0.5, 0.6) is 5.75 Å². The first-order valence-corrected chi connectivity index (χ1v) is 9.40. The molecule has 1 unspecified atom stereocenters. The van der Waals surface area contributed by atoms with Crippen molar-refractivity contribution in [3.05, 3.63) is 59.7 Å². The van der Waals surface area contributed by atoms with E-state index in [2.05, 4.69) is 10.1 Å². The Morgan fingerprint density at radius 2 is 1.76 bits per heavy atom. The van der Waals surface area contributed by atoms with Crippen LogP contribution in [-0.2, 0) is 20.7 Å². The second-order valence-electron chi connectivity index (χ2n) is 6.90. The third-order valence-electron chi connectivity index (χ3n) is 4.99. The second-order valence-corrected chi connectivity index (χ2v) is 6.90. The van der Waals surface area contributed by atoms with Gasteiger partial charge in [0.2, 0.25) is 11.8 Å². The van der Waals surface area contributed by atoms with E-state index in [1.165, 1.54) is 7.11 Å². The molecule has 0 radical (unpaired) electrons. The van der Waals surface area contributed by atoms with E-state index in [-0.39, 0.29) is 18.2 Å². The van der Waals surface area contributed by atoms with Gasteiger partial charge in [0.05, 0.1) is 25.7 Å². The number of ether oxygens (including phenoxy) is 2. The SMILES string of the molecule is COC(=O)c1ccc(NC(=O)C2CC(=O)N(CCc3ccc(OC)cc3)C2)cc1. The fourth-order valence-corrected chi connectivity index (χ4v) is 3.27. The number of nitrogens with zero attached hydrogens (tertiary/aromatic N) is 1. The molecule has 1 N–H and O–H groups in total. The van der Waals surface area contributed by atoms with Crippen LogP contribution in [0.2, 0.25) is 0 Å². The summed E-state index contributed by atoms with van der Waals surface area (Å²) in [6, 6.07) is 14.2. The van der Waals surface area contributed by atoms with Crippen molar-refractivity contribution in [2.24, 2.45) is 5.92 Å². The molecule has 1 fully saturated rings. The van der Waals surface area contributed by atoms with Crippen LogP contribution in [0.4, 0.5) is 5.69 Å². The second kappa shape index (κ2) is 9.23. The van der Waals surface area contributed by atoms with E-state index in [1.807, 2.05) is 24.3 Å². The maximum absolute atomic E-state index is 12.5. The molecular formula is C22H24N2O5. The lowest BCUT2D eigenvalue weighted by molar-refractivity contribution is -0.128. The van der Waals surface area contributed by atoms with E-state index in [4.69, 9.17) is 4.74 Å². The van der Waals surface area contributed by atoms with E-state index in [0.717, 1.165) is 17.7 Å². The van der Waals surface area contributed by atoms with Gasteiger partial charge in [0.1, 0.15) is 5.75 Å². The van der Waals surface area contributed by atoms with E-state index in [1.54, 1.807) is 36.3 Å². The Hall–Kier alpha value is -3.35. The van der Waals surface area contributed by atoms with Gasteiger partial charge in [0, 0.05) is 25.2 Å². The number of carbonyl (C=O) groups is 3. The molecule has 29 heavy (non-hydrogen) atoms. The Morgan fingerprint density at radius 3 is 2.38 bits per heavy atom. The Morgan fingerprint density at radius 1 is 1.07 bits per heavy atom. The van der Waals surface area contributed by atoms with E-state index in [9.17, 15) is 14.4 Å². The normalized spacial score (nSPS) is 15.9. The van der Waals surface area contributed by atoms with Crippen LogP contribution in [0.15, 0.2) is 48.5 Å². The van der Waals surface area contributed by atoms with Crippen molar-refractivity contribution in [1.29, 1.82) is 0 Å². The molecule has 7 heteroatoms. The maximum Gasteiger partial charge on any atom is 0.337 e. The molecule has 1 atom stereocenters. The van der Waals surface area contributed by atoms with E-state index < -0.39 is 11.9 Å². The van der Waals surface area contributed by atoms with Crippen LogP contribution in [0.25, 0.3) is 0 Å². The molecule has 0 spiro atoms. The van der Waals surface area contributed by atoms with Crippen molar-refractivity contribution in [3.63, 3.8) is 0 Å². The highest BCUT2D eigenvalue weighted by Gasteiger charge is 2.34. The largest absolute Gasteiger partial charge is 0.497 e. The average molecular weight is 396 g/mol. The Labute approximate surface area is 169 Å². The highest BCUT2D eigenvalue weighted by atomic mass is 16.5. The molecule has 7 nitrogen and oxygen atoms in total. The maximum atomic E-state index is 12.5. The smallest absolute Gasteiger partial charge is 0.337 e. The molecule has 3 rings (SSSR count). The van der Waals surface area contributed by atoms with Gasteiger partial charge in [-0.2, -0.15) is 0 Å². The minimum Gasteiger partial charge on any atom is -0.497 e. The van der Waals surface area contributed by atoms with Crippen LogP contribution < -0.4 is 10.1 Å². The lowest BCUT2D eigenvalue weighted by atomic mass is 10.1. The predicted molar refractivity (Wildman–Crippen MR) is 108 cm³/mol. The number of likely N-dealkylation sites (tertiary alicyclic amines) is 1. The number of hydrogen-bond acceptors (Lipinski definition) is 5. The van der Waals surface area contributed by atoms with Crippen LogP contribution in [-0.4, -0.2) is 50.0 Å². The van der Waals surface area contributed by atoms with Gasteiger partial charge >= 0.3 is 5.97 Å². The van der Waals surface area contributed by atoms with Crippen molar-refractivity contribution >= 4 is 23.5 Å². The lowest BCUT2D eigenvalue weighted by Crippen LogP contribution is -2.30. The van der Waals surface area contributed by atoms with Gasteiger partial charge in [-0.1, -0.05) is 12.1 Å². The molecule has 1 aliphatic heterocycles. The molecular weight excluding hydrogens is 372 g/mol. The average Bonchev–Trinajstić information content (AvgIpc) is 3.13. The number of hydrogen-bond donors (Lipinski definition) is 1. The summed E-state index contributed by atoms with van der Waals surface area (Å²) in [6.45, 7) is 0.976. The van der Waals surface area contributed by atoms with E-state index in [0.29, 0.717) is 24.3 Å². The standard InChI is InChI=1S/C22H24N2O5/c1-28-19-9-3-15(4-10-19)11-12-24-14-17(13-20(24)25)21(26)23-18-7-5-16(6-8-18)22(27)29-2/h3-10,17H,11-14H2,1-2H3,(H,23,26). The number of amides is 2. The number of rotatable bonds is 7. The zero-order chi connectivity index (χ0) is 20.8. The fourth-order valence-electron chi connectivity index (χ4n) is 3.27. The highest BCUT2D eigenvalue weighted by Crippen LogP contribution is 2.21. The molecule has 1 heterocycles. The summed E-state index contributed by atoms with van der Waals surface area (Å²) in [7, 11) is 2.94. The first-order valence-electron chi connectivity index (χ1n) is 9.40. The lowest BCUT2D eigenvalue weighted by Gasteiger charge is -2.17. The van der Waals surface area contributed by atoms with Crippen molar-refractivity contribution in [2.45, 2.75) is 12.8 Å². The van der Waals surface area contributed by atoms with Crippen molar-refractivity contribution in [2.75, 3.05) is 32.6 Å². The topological polar surface area (TPSA) is 84.9 Å². The van der Waals surface area contributed by atoms with Crippen LogP contribution in [0.3, 0.4) is 0 Å². The molecule has 0 aliphatic carbocycles. The van der Waals surface area contributed by atoms with Gasteiger partial charge in [-0.05, 0) is 48.4 Å².